The molecule has 4 heteroatoms. The van der Waals surface area contributed by atoms with Crippen LogP contribution in [0.25, 0.3) is 11.3 Å². The number of rotatable bonds is 3. The molecule has 23 heavy (non-hydrogen) atoms. The molecule has 1 aliphatic heterocycles. The van der Waals surface area contributed by atoms with Crippen LogP contribution in [0, 0.1) is 0 Å². The van der Waals surface area contributed by atoms with Gasteiger partial charge in [0.05, 0.1) is 18.9 Å². The van der Waals surface area contributed by atoms with E-state index in [1.54, 1.807) is 0 Å². The maximum Gasteiger partial charge on any atom is 0.157 e. The summed E-state index contributed by atoms with van der Waals surface area (Å²) in [6, 6.07) is 21.0. The van der Waals surface area contributed by atoms with Gasteiger partial charge in [-0.3, -0.25) is 5.10 Å². The molecule has 4 nitrogen and oxygen atoms in total. The number of fused-ring (bicyclic) bond motifs is 1. The molecule has 0 saturated carbocycles. The van der Waals surface area contributed by atoms with Crippen molar-refractivity contribution in [3.8, 4) is 11.3 Å². The highest BCUT2D eigenvalue weighted by Crippen LogP contribution is 2.34. The lowest BCUT2D eigenvalue weighted by Crippen LogP contribution is -2.42. The first-order valence-electron chi connectivity index (χ1n) is 8.04. The zero-order valence-corrected chi connectivity index (χ0v) is 13.2. The Kier molecular flexibility index (Phi) is 3.50. The van der Waals surface area contributed by atoms with Gasteiger partial charge >= 0.3 is 0 Å². The van der Waals surface area contributed by atoms with E-state index in [1.807, 2.05) is 6.07 Å². The van der Waals surface area contributed by atoms with E-state index in [4.69, 9.17) is 0 Å². The second-order valence-corrected chi connectivity index (χ2v) is 5.80. The van der Waals surface area contributed by atoms with Gasteiger partial charge in [-0.15, -0.1) is 0 Å². The minimum Gasteiger partial charge on any atom is -0.349 e. The smallest absolute Gasteiger partial charge is 0.157 e. The molecular weight excluding hydrogens is 284 g/mol. The highest BCUT2D eigenvalue weighted by Gasteiger charge is 2.27. The summed E-state index contributed by atoms with van der Waals surface area (Å²) in [4.78, 5) is 4.71. The largest absolute Gasteiger partial charge is 0.349 e. The Morgan fingerprint density at radius 3 is 2.39 bits per heavy atom. The first kappa shape index (κ1) is 13.9. The molecule has 0 spiro atoms. The number of hydrogen-bond acceptors (Lipinski definition) is 3. The molecular formula is C19H20N4. The van der Waals surface area contributed by atoms with Crippen LogP contribution < -0.4 is 9.80 Å². The van der Waals surface area contributed by atoms with Gasteiger partial charge in [-0.2, -0.15) is 5.10 Å². The maximum atomic E-state index is 4.59. The van der Waals surface area contributed by atoms with Gasteiger partial charge in [0.15, 0.2) is 5.82 Å². The van der Waals surface area contributed by atoms with Crippen LogP contribution >= 0.6 is 0 Å². The summed E-state index contributed by atoms with van der Waals surface area (Å²) < 4.78 is 0. The number of hydrogen-bond donors (Lipinski definition) is 1. The molecule has 1 aromatic heterocycles. The normalized spacial score (nSPS) is 14.0. The van der Waals surface area contributed by atoms with Gasteiger partial charge in [0.2, 0.25) is 0 Å². The number of aromatic nitrogens is 2. The molecule has 0 unspecified atom stereocenters. The molecule has 0 fully saturated rings. The van der Waals surface area contributed by atoms with Gasteiger partial charge in [-0.25, -0.2) is 0 Å². The molecule has 4 rings (SSSR count). The summed E-state index contributed by atoms with van der Waals surface area (Å²) >= 11 is 0. The summed E-state index contributed by atoms with van der Waals surface area (Å²) in [6.45, 7) is 4.85. The first-order valence-corrected chi connectivity index (χ1v) is 8.04. The maximum absolute atomic E-state index is 4.59. The van der Waals surface area contributed by atoms with Crippen LogP contribution in [0.15, 0.2) is 60.7 Å². The summed E-state index contributed by atoms with van der Waals surface area (Å²) in [5.41, 5.74) is 4.83. The second kappa shape index (κ2) is 5.80. The number of H-pyrrole nitrogens is 1. The van der Waals surface area contributed by atoms with E-state index in [0.717, 1.165) is 31.3 Å². The summed E-state index contributed by atoms with van der Waals surface area (Å²) in [5.74, 6) is 1.08. The summed E-state index contributed by atoms with van der Waals surface area (Å²) in [6.07, 6.45) is 0. The Balaban J connectivity index is 1.76. The zero-order chi connectivity index (χ0) is 15.6. The van der Waals surface area contributed by atoms with Crippen molar-refractivity contribution in [2.45, 2.75) is 13.5 Å². The third-order valence-electron chi connectivity index (χ3n) is 4.40. The van der Waals surface area contributed by atoms with Crippen LogP contribution in [0.3, 0.4) is 0 Å². The van der Waals surface area contributed by atoms with Crippen LogP contribution in [0.1, 0.15) is 12.5 Å². The Bertz CT molecular complexity index is 780. The zero-order valence-electron chi connectivity index (χ0n) is 13.2. The fourth-order valence-electron chi connectivity index (χ4n) is 3.19. The Morgan fingerprint density at radius 2 is 1.70 bits per heavy atom. The molecule has 2 heterocycles. The summed E-state index contributed by atoms with van der Waals surface area (Å²) in [5, 5.41) is 7.84. The highest BCUT2D eigenvalue weighted by molar-refractivity contribution is 5.72. The highest BCUT2D eigenvalue weighted by atomic mass is 15.4. The van der Waals surface area contributed by atoms with Crippen LogP contribution in [0.4, 0.5) is 11.5 Å². The topological polar surface area (TPSA) is 35.2 Å². The Morgan fingerprint density at radius 1 is 1.00 bits per heavy atom. The van der Waals surface area contributed by atoms with Gasteiger partial charge in [0, 0.05) is 17.8 Å². The molecule has 0 aliphatic carbocycles. The number of benzene rings is 2. The molecule has 1 aliphatic rings. The van der Waals surface area contributed by atoms with Crippen molar-refractivity contribution in [3.05, 3.63) is 66.2 Å². The van der Waals surface area contributed by atoms with Crippen molar-refractivity contribution in [1.29, 1.82) is 0 Å². The molecule has 116 valence electrons. The molecule has 0 radical (unpaired) electrons. The van der Waals surface area contributed by atoms with Crippen molar-refractivity contribution in [3.63, 3.8) is 0 Å². The average Bonchev–Trinajstić information content (AvgIpc) is 3.06. The second-order valence-electron chi connectivity index (χ2n) is 5.80. The minimum absolute atomic E-state index is 0.868. The van der Waals surface area contributed by atoms with Crippen LogP contribution in [0.2, 0.25) is 0 Å². The van der Waals surface area contributed by atoms with E-state index in [1.165, 1.54) is 16.8 Å². The molecule has 0 amide bonds. The minimum atomic E-state index is 0.868. The van der Waals surface area contributed by atoms with Gasteiger partial charge in [-0.05, 0) is 24.6 Å². The van der Waals surface area contributed by atoms with Gasteiger partial charge in [0.25, 0.3) is 0 Å². The van der Waals surface area contributed by atoms with Crippen LogP contribution in [0.5, 0.6) is 0 Å². The van der Waals surface area contributed by atoms with E-state index < -0.39 is 0 Å². The van der Waals surface area contributed by atoms with Crippen molar-refractivity contribution in [1.82, 2.24) is 10.2 Å². The van der Waals surface area contributed by atoms with E-state index in [-0.39, 0.29) is 0 Å². The lowest BCUT2D eigenvalue weighted by atomic mass is 10.1. The van der Waals surface area contributed by atoms with Crippen LogP contribution in [-0.4, -0.2) is 23.4 Å². The van der Waals surface area contributed by atoms with Gasteiger partial charge in [-0.1, -0.05) is 48.5 Å². The molecule has 3 aromatic rings. The van der Waals surface area contributed by atoms with Crippen molar-refractivity contribution in [2.24, 2.45) is 0 Å². The molecule has 1 N–H and O–H groups in total. The lowest BCUT2D eigenvalue weighted by Gasteiger charge is -2.36. The van der Waals surface area contributed by atoms with Gasteiger partial charge in [0.1, 0.15) is 0 Å². The Hall–Kier alpha value is -2.75. The predicted molar refractivity (Wildman–Crippen MR) is 94.5 cm³/mol. The third-order valence-corrected chi connectivity index (χ3v) is 4.40. The number of nitrogens with zero attached hydrogens (tertiary/aromatic N) is 3. The Labute approximate surface area is 136 Å². The van der Waals surface area contributed by atoms with E-state index in [0.29, 0.717) is 0 Å². The SMILES string of the molecule is CCN1CN(c2ccccc2)Cc2c1n[nH]c2-c1ccccc1. The van der Waals surface area contributed by atoms with E-state index in [2.05, 4.69) is 81.5 Å². The number of nitrogens with one attached hydrogen (secondary N) is 1. The first-order chi connectivity index (χ1) is 11.4. The molecule has 0 saturated heterocycles. The predicted octanol–water partition coefficient (Wildman–Crippen LogP) is 3.88. The van der Waals surface area contributed by atoms with E-state index >= 15 is 0 Å². The fourth-order valence-corrected chi connectivity index (χ4v) is 3.19. The number of aromatic amines is 1. The fraction of sp³-hybridized carbons (Fsp3) is 0.211. The monoisotopic (exact) mass is 304 g/mol. The molecule has 0 atom stereocenters. The standard InChI is InChI=1S/C19H20N4/c1-2-22-14-23(16-11-7-4-8-12-16)13-17-18(20-21-19(17)22)15-9-5-3-6-10-15/h3-12H,2,13-14H2,1H3,(H,20,21). The van der Waals surface area contributed by atoms with Crippen LogP contribution in [-0.2, 0) is 6.54 Å². The lowest BCUT2D eigenvalue weighted by molar-refractivity contribution is 0.692. The average molecular weight is 304 g/mol. The quantitative estimate of drug-likeness (QED) is 0.797. The van der Waals surface area contributed by atoms with Crippen molar-refractivity contribution in [2.75, 3.05) is 23.0 Å². The number of para-hydroxylation sites is 1. The molecule has 0 bridgehead atoms. The van der Waals surface area contributed by atoms with Crippen molar-refractivity contribution < 1.29 is 0 Å². The number of anilines is 2. The molecule has 2 aromatic carbocycles. The third kappa shape index (κ3) is 2.46. The van der Waals surface area contributed by atoms with Crippen molar-refractivity contribution >= 4 is 11.5 Å². The van der Waals surface area contributed by atoms with Gasteiger partial charge < -0.3 is 9.80 Å². The summed E-state index contributed by atoms with van der Waals surface area (Å²) in [7, 11) is 0. The van der Waals surface area contributed by atoms with E-state index in [9.17, 15) is 0 Å².